The number of carbonyl (C=O) groups excluding carboxylic acids is 1. The maximum atomic E-state index is 11.3. The molecule has 1 amide bonds. The van der Waals surface area contributed by atoms with E-state index in [9.17, 15) is 4.79 Å². The lowest BCUT2D eigenvalue weighted by molar-refractivity contribution is -0.133. The fourth-order valence-corrected chi connectivity index (χ4v) is 1.69. The average molecular weight is 191 g/mol. The van der Waals surface area contributed by atoms with E-state index in [2.05, 4.69) is 0 Å². The smallest absolute Gasteiger partial charge is 0.221 e. The quantitative estimate of drug-likeness (QED) is 0.674. The number of ether oxygens (including phenoxy) is 1. The molecule has 0 aliphatic carbocycles. The molecule has 1 atom stereocenters. The molecule has 1 aromatic carbocycles. The molecular formula is C11H13NO2. The molecule has 0 aromatic heterocycles. The summed E-state index contributed by atoms with van der Waals surface area (Å²) in [5.74, 6) is 0.0661. The van der Waals surface area contributed by atoms with Gasteiger partial charge in [0.2, 0.25) is 5.91 Å². The van der Waals surface area contributed by atoms with Gasteiger partial charge in [-0.15, -0.1) is 0 Å². The van der Waals surface area contributed by atoms with Crippen molar-refractivity contribution in [2.45, 2.75) is 13.2 Å². The highest BCUT2D eigenvalue weighted by molar-refractivity contribution is 5.73. The summed E-state index contributed by atoms with van der Waals surface area (Å²) in [5.41, 5.74) is 1.04. The monoisotopic (exact) mass is 191 g/mol. The van der Waals surface area contributed by atoms with E-state index in [0.29, 0.717) is 13.2 Å². The molecule has 3 heteroatoms. The summed E-state index contributed by atoms with van der Waals surface area (Å²) in [6, 6.07) is 9.82. The fourth-order valence-electron chi connectivity index (χ4n) is 1.69. The van der Waals surface area contributed by atoms with Crippen molar-refractivity contribution in [1.29, 1.82) is 0 Å². The molecular weight excluding hydrogens is 178 g/mol. The van der Waals surface area contributed by atoms with Gasteiger partial charge in [0.05, 0.1) is 6.61 Å². The lowest BCUT2D eigenvalue weighted by atomic mass is 10.2. The summed E-state index contributed by atoms with van der Waals surface area (Å²) in [6.07, 6.45) is -0.186. The Bertz CT molecular complexity index is 323. The van der Waals surface area contributed by atoms with E-state index in [1.54, 1.807) is 11.8 Å². The molecule has 1 saturated heterocycles. The van der Waals surface area contributed by atoms with Crippen LogP contribution in [-0.4, -0.2) is 24.0 Å². The number of carbonyl (C=O) groups is 1. The van der Waals surface area contributed by atoms with Crippen molar-refractivity contribution >= 4 is 5.91 Å². The third kappa shape index (κ3) is 1.63. The normalized spacial score (nSPS) is 21.2. The summed E-state index contributed by atoms with van der Waals surface area (Å²) in [4.78, 5) is 13.0. The van der Waals surface area contributed by atoms with Crippen LogP contribution in [0.4, 0.5) is 0 Å². The standard InChI is InChI=1S/C11H13NO2/c1-9(13)12-7-8-14-11(12)10-5-3-2-4-6-10/h2-6,11H,7-8H2,1H3. The molecule has 14 heavy (non-hydrogen) atoms. The van der Waals surface area contributed by atoms with Gasteiger partial charge in [-0.3, -0.25) is 4.79 Å². The third-order valence-corrected chi connectivity index (χ3v) is 2.38. The number of rotatable bonds is 1. The maximum absolute atomic E-state index is 11.3. The van der Waals surface area contributed by atoms with Crippen LogP contribution in [0.15, 0.2) is 30.3 Å². The van der Waals surface area contributed by atoms with Crippen molar-refractivity contribution in [3.05, 3.63) is 35.9 Å². The molecule has 1 unspecified atom stereocenters. The molecule has 0 radical (unpaired) electrons. The van der Waals surface area contributed by atoms with Gasteiger partial charge in [-0.25, -0.2) is 0 Å². The van der Waals surface area contributed by atoms with Crippen molar-refractivity contribution < 1.29 is 9.53 Å². The number of benzene rings is 1. The van der Waals surface area contributed by atoms with Crippen LogP contribution in [0.5, 0.6) is 0 Å². The van der Waals surface area contributed by atoms with Gasteiger partial charge in [-0.05, 0) is 0 Å². The number of hydrogen-bond acceptors (Lipinski definition) is 2. The molecule has 3 nitrogen and oxygen atoms in total. The molecule has 0 bridgehead atoms. The molecule has 1 aliphatic heterocycles. The van der Waals surface area contributed by atoms with Crippen molar-refractivity contribution in [2.75, 3.05) is 13.2 Å². The van der Waals surface area contributed by atoms with Gasteiger partial charge in [0.25, 0.3) is 0 Å². The Labute approximate surface area is 83.3 Å². The molecule has 0 N–H and O–H groups in total. The Morgan fingerprint density at radius 1 is 1.43 bits per heavy atom. The Hall–Kier alpha value is -1.35. The first-order valence-electron chi connectivity index (χ1n) is 4.73. The van der Waals surface area contributed by atoms with Crippen LogP contribution < -0.4 is 0 Å². The van der Waals surface area contributed by atoms with Gasteiger partial charge in [-0.1, -0.05) is 30.3 Å². The third-order valence-electron chi connectivity index (χ3n) is 2.38. The first kappa shape index (κ1) is 9.21. The Balaban J connectivity index is 2.22. The van der Waals surface area contributed by atoms with E-state index in [1.807, 2.05) is 30.3 Å². The number of nitrogens with zero attached hydrogens (tertiary/aromatic N) is 1. The summed E-state index contributed by atoms with van der Waals surface area (Å²) < 4.78 is 5.52. The Kier molecular flexibility index (Phi) is 2.50. The highest BCUT2D eigenvalue weighted by Gasteiger charge is 2.28. The second-order valence-electron chi connectivity index (χ2n) is 3.35. The lowest BCUT2D eigenvalue weighted by Gasteiger charge is -2.21. The summed E-state index contributed by atoms with van der Waals surface area (Å²) in [6.45, 7) is 2.89. The number of hydrogen-bond donors (Lipinski definition) is 0. The zero-order valence-corrected chi connectivity index (χ0v) is 8.14. The molecule has 2 rings (SSSR count). The maximum Gasteiger partial charge on any atom is 0.221 e. The fraction of sp³-hybridized carbons (Fsp3) is 0.364. The largest absolute Gasteiger partial charge is 0.352 e. The van der Waals surface area contributed by atoms with Crippen LogP contribution in [0.25, 0.3) is 0 Å². The number of amides is 1. The van der Waals surface area contributed by atoms with Gasteiger partial charge >= 0.3 is 0 Å². The minimum atomic E-state index is -0.186. The van der Waals surface area contributed by atoms with Crippen LogP contribution in [0.3, 0.4) is 0 Å². The minimum Gasteiger partial charge on any atom is -0.352 e. The van der Waals surface area contributed by atoms with E-state index in [0.717, 1.165) is 5.56 Å². The van der Waals surface area contributed by atoms with Crippen LogP contribution in [0, 0.1) is 0 Å². The van der Waals surface area contributed by atoms with Gasteiger partial charge < -0.3 is 9.64 Å². The van der Waals surface area contributed by atoms with Crippen LogP contribution in [0.2, 0.25) is 0 Å². The lowest BCUT2D eigenvalue weighted by Crippen LogP contribution is -2.28. The highest BCUT2D eigenvalue weighted by Crippen LogP contribution is 2.26. The van der Waals surface area contributed by atoms with E-state index in [4.69, 9.17) is 4.74 Å². The first-order valence-corrected chi connectivity index (χ1v) is 4.73. The van der Waals surface area contributed by atoms with Crippen LogP contribution >= 0.6 is 0 Å². The van der Waals surface area contributed by atoms with Crippen molar-refractivity contribution in [2.24, 2.45) is 0 Å². The van der Waals surface area contributed by atoms with Crippen molar-refractivity contribution in [3.8, 4) is 0 Å². The SMILES string of the molecule is CC(=O)N1CCOC1c1ccccc1. The minimum absolute atomic E-state index is 0.0661. The van der Waals surface area contributed by atoms with E-state index in [-0.39, 0.29) is 12.1 Å². The molecule has 74 valence electrons. The predicted molar refractivity (Wildman–Crippen MR) is 52.5 cm³/mol. The Morgan fingerprint density at radius 2 is 2.14 bits per heavy atom. The topological polar surface area (TPSA) is 29.5 Å². The molecule has 1 heterocycles. The molecule has 1 aliphatic rings. The summed E-state index contributed by atoms with van der Waals surface area (Å²) >= 11 is 0. The Morgan fingerprint density at radius 3 is 2.79 bits per heavy atom. The molecule has 0 spiro atoms. The second kappa shape index (κ2) is 3.80. The molecule has 1 aromatic rings. The molecule has 1 fully saturated rings. The van der Waals surface area contributed by atoms with E-state index < -0.39 is 0 Å². The van der Waals surface area contributed by atoms with Crippen LogP contribution in [-0.2, 0) is 9.53 Å². The van der Waals surface area contributed by atoms with Crippen molar-refractivity contribution in [1.82, 2.24) is 4.90 Å². The van der Waals surface area contributed by atoms with Gasteiger partial charge in [0.1, 0.15) is 0 Å². The van der Waals surface area contributed by atoms with Gasteiger partial charge in [0, 0.05) is 19.0 Å². The van der Waals surface area contributed by atoms with Gasteiger partial charge in [0.15, 0.2) is 6.23 Å². The van der Waals surface area contributed by atoms with Crippen molar-refractivity contribution in [3.63, 3.8) is 0 Å². The van der Waals surface area contributed by atoms with E-state index >= 15 is 0 Å². The van der Waals surface area contributed by atoms with Gasteiger partial charge in [-0.2, -0.15) is 0 Å². The van der Waals surface area contributed by atoms with Crippen LogP contribution in [0.1, 0.15) is 18.7 Å². The zero-order chi connectivity index (χ0) is 9.97. The highest BCUT2D eigenvalue weighted by atomic mass is 16.5. The van der Waals surface area contributed by atoms with E-state index in [1.165, 1.54) is 0 Å². The average Bonchev–Trinajstić information content (AvgIpc) is 2.67. The first-order chi connectivity index (χ1) is 6.79. The summed E-state index contributed by atoms with van der Waals surface area (Å²) in [5, 5.41) is 0. The zero-order valence-electron chi connectivity index (χ0n) is 8.14. The summed E-state index contributed by atoms with van der Waals surface area (Å²) in [7, 11) is 0. The molecule has 0 saturated carbocycles. The second-order valence-corrected chi connectivity index (χ2v) is 3.35. The predicted octanol–water partition coefficient (Wildman–Crippen LogP) is 1.56.